The Balaban J connectivity index is 0.000000235. The Bertz CT molecular complexity index is 510. The van der Waals surface area contributed by atoms with Crippen molar-refractivity contribution < 1.29 is 15.3 Å². The van der Waals surface area contributed by atoms with Gasteiger partial charge in [0.15, 0.2) is 0 Å². The van der Waals surface area contributed by atoms with Gasteiger partial charge in [-0.2, -0.15) is 0 Å². The molecule has 0 fully saturated rings. The van der Waals surface area contributed by atoms with Crippen LogP contribution in [0.5, 0.6) is 17.2 Å². The Labute approximate surface area is 126 Å². The maximum Gasteiger partial charge on any atom is 0.122 e. The summed E-state index contributed by atoms with van der Waals surface area (Å²) in [5.74, 6) is 1.59. The summed E-state index contributed by atoms with van der Waals surface area (Å²) in [5, 5.41) is 27.2. The van der Waals surface area contributed by atoms with Crippen molar-refractivity contribution in [3.63, 3.8) is 0 Å². The third-order valence-electron chi connectivity index (χ3n) is 3.19. The summed E-state index contributed by atoms with van der Waals surface area (Å²) >= 11 is 0. The molecule has 3 N–H and O–H groups in total. The van der Waals surface area contributed by atoms with Gasteiger partial charge in [0, 0.05) is 0 Å². The highest BCUT2D eigenvalue weighted by Gasteiger charge is 2.11. The lowest BCUT2D eigenvalue weighted by molar-refractivity contribution is 0.454. The predicted octanol–water partition coefficient (Wildman–Crippen LogP) is 4.74. The van der Waals surface area contributed by atoms with Gasteiger partial charge in [-0.3, -0.25) is 0 Å². The van der Waals surface area contributed by atoms with E-state index in [-0.39, 0.29) is 11.5 Å². The molecule has 2 aromatic carbocycles. The molecule has 0 aliphatic carbocycles. The normalized spacial score (nSPS) is 10.4. The van der Waals surface area contributed by atoms with Crippen molar-refractivity contribution in [2.75, 3.05) is 0 Å². The van der Waals surface area contributed by atoms with Crippen LogP contribution in [0.2, 0.25) is 0 Å². The molecule has 0 aliphatic rings. The molecule has 0 saturated carbocycles. The van der Waals surface area contributed by atoms with E-state index >= 15 is 0 Å². The first-order valence-electron chi connectivity index (χ1n) is 7.12. The van der Waals surface area contributed by atoms with E-state index in [0.29, 0.717) is 17.6 Å². The lowest BCUT2D eigenvalue weighted by Crippen LogP contribution is -1.94. The number of hydrogen-bond acceptors (Lipinski definition) is 3. The summed E-state index contributed by atoms with van der Waals surface area (Å²) in [5.41, 5.74) is 2.09. The number of benzene rings is 2. The van der Waals surface area contributed by atoms with E-state index < -0.39 is 0 Å². The van der Waals surface area contributed by atoms with Gasteiger partial charge in [-0.05, 0) is 47.2 Å². The van der Waals surface area contributed by atoms with Crippen molar-refractivity contribution in [3.8, 4) is 17.2 Å². The van der Waals surface area contributed by atoms with Crippen LogP contribution in [-0.2, 0) is 0 Å². The summed E-state index contributed by atoms with van der Waals surface area (Å²) in [4.78, 5) is 0. The van der Waals surface area contributed by atoms with Gasteiger partial charge in [0.25, 0.3) is 0 Å². The van der Waals surface area contributed by atoms with Crippen molar-refractivity contribution in [1.29, 1.82) is 0 Å². The van der Waals surface area contributed by atoms with Crippen LogP contribution in [0.3, 0.4) is 0 Å². The Hall–Kier alpha value is -2.16. The zero-order valence-corrected chi connectivity index (χ0v) is 13.0. The summed E-state index contributed by atoms with van der Waals surface area (Å²) in [7, 11) is 0. The van der Waals surface area contributed by atoms with E-state index in [2.05, 4.69) is 27.7 Å². The van der Waals surface area contributed by atoms with Gasteiger partial charge in [0.2, 0.25) is 0 Å². The molecule has 0 aliphatic heterocycles. The van der Waals surface area contributed by atoms with Crippen molar-refractivity contribution in [1.82, 2.24) is 0 Å². The highest BCUT2D eigenvalue weighted by molar-refractivity contribution is 5.43. The molecular formula is C18H24O3. The molecule has 0 saturated heterocycles. The fraction of sp³-hybridized carbons (Fsp3) is 0.333. The van der Waals surface area contributed by atoms with Gasteiger partial charge in [-0.1, -0.05) is 45.9 Å². The second-order valence-corrected chi connectivity index (χ2v) is 5.61. The molecule has 2 rings (SSSR count). The first kappa shape index (κ1) is 16.9. The smallest absolute Gasteiger partial charge is 0.122 e. The molecule has 0 bridgehead atoms. The molecule has 3 heteroatoms. The van der Waals surface area contributed by atoms with Crippen LogP contribution in [0.4, 0.5) is 0 Å². The molecular weight excluding hydrogens is 264 g/mol. The topological polar surface area (TPSA) is 60.7 Å². The van der Waals surface area contributed by atoms with Crippen LogP contribution in [0.25, 0.3) is 0 Å². The second-order valence-electron chi connectivity index (χ2n) is 5.61. The number of rotatable bonds is 2. The highest BCUT2D eigenvalue weighted by Crippen LogP contribution is 2.32. The summed E-state index contributed by atoms with van der Waals surface area (Å²) in [6.07, 6.45) is 0. The molecule has 0 amide bonds. The third kappa shape index (κ3) is 5.03. The summed E-state index contributed by atoms with van der Waals surface area (Å²) in [6, 6.07) is 11.7. The number of aromatic hydroxyl groups is 3. The molecule has 0 spiro atoms. The molecule has 2 aromatic rings. The van der Waals surface area contributed by atoms with Crippen molar-refractivity contribution in [2.45, 2.75) is 39.5 Å². The average Bonchev–Trinajstić information content (AvgIpc) is 2.42. The Morgan fingerprint density at radius 3 is 1.24 bits per heavy atom. The number of phenols is 3. The molecule has 3 nitrogen and oxygen atoms in total. The average molecular weight is 288 g/mol. The highest BCUT2D eigenvalue weighted by atomic mass is 16.3. The summed E-state index contributed by atoms with van der Waals surface area (Å²) in [6.45, 7) is 8.39. The van der Waals surface area contributed by atoms with Crippen LogP contribution in [0.1, 0.15) is 50.7 Å². The van der Waals surface area contributed by atoms with Crippen LogP contribution in [0.15, 0.2) is 42.5 Å². The Morgan fingerprint density at radius 2 is 0.952 bits per heavy atom. The number of hydrogen-bond donors (Lipinski definition) is 3. The van der Waals surface area contributed by atoms with Crippen LogP contribution in [-0.4, -0.2) is 15.3 Å². The van der Waals surface area contributed by atoms with Gasteiger partial charge in [0.1, 0.15) is 17.2 Å². The zero-order chi connectivity index (χ0) is 16.0. The lowest BCUT2D eigenvalue weighted by Gasteiger charge is -2.14. The fourth-order valence-electron chi connectivity index (χ4n) is 1.96. The molecule has 0 heterocycles. The van der Waals surface area contributed by atoms with Crippen LogP contribution >= 0.6 is 0 Å². The molecule has 0 aromatic heterocycles. The van der Waals surface area contributed by atoms with Gasteiger partial charge < -0.3 is 15.3 Å². The van der Waals surface area contributed by atoms with E-state index in [1.165, 1.54) is 24.3 Å². The van der Waals surface area contributed by atoms with E-state index in [9.17, 15) is 5.11 Å². The van der Waals surface area contributed by atoms with E-state index in [0.717, 1.165) is 11.1 Å². The number of phenolic OH excluding ortho intramolecular Hbond substituents is 3. The van der Waals surface area contributed by atoms with Crippen molar-refractivity contribution >= 4 is 0 Å². The summed E-state index contributed by atoms with van der Waals surface area (Å²) < 4.78 is 0. The monoisotopic (exact) mass is 288 g/mol. The van der Waals surface area contributed by atoms with E-state index in [1.807, 2.05) is 18.2 Å². The van der Waals surface area contributed by atoms with Gasteiger partial charge >= 0.3 is 0 Å². The largest absolute Gasteiger partial charge is 0.508 e. The van der Waals surface area contributed by atoms with E-state index in [4.69, 9.17) is 10.2 Å². The molecule has 0 radical (unpaired) electrons. The minimum absolute atomic E-state index is 0.169. The maximum absolute atomic E-state index is 9.93. The second kappa shape index (κ2) is 7.58. The Kier molecular flexibility index (Phi) is 6.10. The first-order chi connectivity index (χ1) is 9.82. The minimum atomic E-state index is 0.169. The standard InChI is InChI=1S/C12H18O.C6H6O2/c1-8(2)10-6-5-7-11(9(3)4)12(10)13;7-5-1-2-6(8)4-3-5/h5-9,13H,1-4H3;1-4,7-8H. The quantitative estimate of drug-likeness (QED) is 0.700. The minimum Gasteiger partial charge on any atom is -0.508 e. The van der Waals surface area contributed by atoms with E-state index in [1.54, 1.807) is 0 Å². The van der Waals surface area contributed by atoms with Gasteiger partial charge in [-0.25, -0.2) is 0 Å². The number of para-hydroxylation sites is 1. The van der Waals surface area contributed by atoms with Gasteiger partial charge in [0.05, 0.1) is 0 Å². The van der Waals surface area contributed by atoms with Gasteiger partial charge in [-0.15, -0.1) is 0 Å². The van der Waals surface area contributed by atoms with Crippen molar-refractivity contribution in [2.24, 2.45) is 0 Å². The van der Waals surface area contributed by atoms with Crippen LogP contribution < -0.4 is 0 Å². The van der Waals surface area contributed by atoms with Crippen LogP contribution in [0, 0.1) is 0 Å². The maximum atomic E-state index is 9.93. The first-order valence-corrected chi connectivity index (χ1v) is 7.12. The zero-order valence-electron chi connectivity index (χ0n) is 13.0. The molecule has 0 unspecified atom stereocenters. The molecule has 0 atom stereocenters. The lowest BCUT2D eigenvalue weighted by atomic mass is 9.94. The fourth-order valence-corrected chi connectivity index (χ4v) is 1.96. The molecule has 114 valence electrons. The Morgan fingerprint density at radius 1 is 0.619 bits per heavy atom. The SMILES string of the molecule is CC(C)c1cccc(C(C)C)c1O.Oc1ccc(O)cc1. The van der Waals surface area contributed by atoms with Crippen molar-refractivity contribution in [3.05, 3.63) is 53.6 Å². The molecule has 21 heavy (non-hydrogen) atoms. The third-order valence-corrected chi connectivity index (χ3v) is 3.19. The predicted molar refractivity (Wildman–Crippen MR) is 86.1 cm³/mol.